The maximum Gasteiger partial charge on any atom is 0.0498 e. The van der Waals surface area contributed by atoms with Crippen molar-refractivity contribution in [2.45, 2.75) is 6.42 Å². The summed E-state index contributed by atoms with van der Waals surface area (Å²) < 4.78 is 4.08. The van der Waals surface area contributed by atoms with Gasteiger partial charge in [0.2, 0.25) is 0 Å². The van der Waals surface area contributed by atoms with Crippen LogP contribution in [0, 0.1) is 0 Å². The van der Waals surface area contributed by atoms with Gasteiger partial charge in [-0.15, -0.1) is 0 Å². The lowest BCUT2D eigenvalue weighted by Gasteiger charge is -2.28. The van der Waals surface area contributed by atoms with Crippen LogP contribution in [0.1, 0.15) is 6.42 Å². The summed E-state index contributed by atoms with van der Waals surface area (Å²) in [6.07, 6.45) is 0.364. The molecule has 0 heterocycles. The second-order valence-corrected chi connectivity index (χ2v) is 1.84. The zero-order chi connectivity index (χ0) is 6.41. The third-order valence-electron chi connectivity index (χ3n) is 0.499. The molecule has 0 saturated heterocycles. The molecule has 0 unspecified atom stereocenters. The van der Waals surface area contributed by atoms with Crippen LogP contribution in [0.5, 0.6) is 0 Å². The highest BCUT2D eigenvalue weighted by atomic mass is 31.2. The largest absolute Gasteiger partial charge is 0.820 e. The lowest BCUT2D eigenvalue weighted by atomic mass is 10.5. The van der Waals surface area contributed by atoms with E-state index in [-0.39, 0.29) is 13.2 Å². The lowest BCUT2D eigenvalue weighted by Crippen LogP contribution is -2.11. The van der Waals surface area contributed by atoms with Crippen LogP contribution in [0.15, 0.2) is 0 Å². The van der Waals surface area contributed by atoms with E-state index in [0.29, 0.717) is 6.42 Å². The first-order valence-electron chi connectivity index (χ1n) is 2.15. The minimum absolute atomic E-state index is 0.0385. The molecule has 8 heavy (non-hydrogen) atoms. The summed E-state index contributed by atoms with van der Waals surface area (Å²) in [5, 5.41) is 8.10. The molecule has 0 radical (unpaired) electrons. The topological polar surface area (TPSA) is 75.6 Å². The molecule has 0 aliphatic carbocycles. The van der Waals surface area contributed by atoms with Crippen molar-refractivity contribution in [3.8, 4) is 0 Å². The van der Waals surface area contributed by atoms with E-state index in [9.17, 15) is 9.79 Å². The highest BCUT2D eigenvalue weighted by Crippen LogP contribution is 2.11. The average Bonchev–Trinajstić information content (AvgIpc) is 1.66. The summed E-state index contributed by atoms with van der Waals surface area (Å²) >= 11 is 0. The molecular formula is C3H7O4P-2. The number of hydrogen-bond donors (Lipinski definition) is 1. The van der Waals surface area contributed by atoms with Gasteiger partial charge in [-0.2, -0.15) is 8.60 Å². The number of rotatable bonds is 4. The van der Waals surface area contributed by atoms with Gasteiger partial charge in [0.15, 0.2) is 0 Å². The normalized spacial score (nSPS) is 10.5. The fourth-order valence-electron chi connectivity index (χ4n) is 0.204. The third kappa shape index (κ3) is 6.27. The van der Waals surface area contributed by atoms with E-state index in [1.54, 1.807) is 0 Å². The van der Waals surface area contributed by atoms with Gasteiger partial charge in [-0.05, 0) is 6.42 Å². The predicted molar refractivity (Wildman–Crippen MR) is 24.6 cm³/mol. The fourth-order valence-corrected chi connectivity index (χ4v) is 0.482. The first-order valence-corrected chi connectivity index (χ1v) is 3.25. The van der Waals surface area contributed by atoms with Crippen LogP contribution in [-0.4, -0.2) is 18.3 Å². The van der Waals surface area contributed by atoms with Crippen molar-refractivity contribution in [2.75, 3.05) is 13.2 Å². The molecule has 5 heteroatoms. The molecule has 0 spiro atoms. The Morgan fingerprint density at radius 3 is 2.50 bits per heavy atom. The maximum absolute atomic E-state index is 9.61. The molecule has 0 saturated carbocycles. The summed E-state index contributed by atoms with van der Waals surface area (Å²) in [5.41, 5.74) is 0. The number of aliphatic hydroxyl groups excluding tert-OH is 1. The molecule has 0 amide bonds. The van der Waals surface area contributed by atoms with E-state index in [0.717, 1.165) is 0 Å². The summed E-state index contributed by atoms with van der Waals surface area (Å²) in [5.74, 6) is 0. The van der Waals surface area contributed by atoms with Gasteiger partial charge in [0.1, 0.15) is 0 Å². The van der Waals surface area contributed by atoms with Crippen LogP contribution in [0.3, 0.4) is 0 Å². The van der Waals surface area contributed by atoms with Gasteiger partial charge in [0, 0.05) is 13.2 Å². The van der Waals surface area contributed by atoms with Crippen molar-refractivity contribution in [2.24, 2.45) is 0 Å². The van der Waals surface area contributed by atoms with Gasteiger partial charge in [-0.1, -0.05) is 0 Å². The molecule has 4 nitrogen and oxygen atoms in total. The molecule has 1 N–H and O–H groups in total. The minimum Gasteiger partial charge on any atom is -0.820 e. The Morgan fingerprint density at radius 1 is 1.50 bits per heavy atom. The molecule has 0 aliphatic heterocycles. The van der Waals surface area contributed by atoms with Crippen LogP contribution in [0.25, 0.3) is 0 Å². The third-order valence-corrected chi connectivity index (χ3v) is 0.893. The van der Waals surface area contributed by atoms with Crippen LogP contribution in [0.2, 0.25) is 0 Å². The molecule has 50 valence electrons. The Bertz CT molecular complexity index is 48.5. The molecule has 0 bridgehead atoms. The Balaban J connectivity index is 2.72. The molecule has 0 atom stereocenters. The van der Waals surface area contributed by atoms with Crippen LogP contribution in [0.4, 0.5) is 0 Å². The molecular weight excluding hydrogens is 131 g/mol. The van der Waals surface area contributed by atoms with Crippen molar-refractivity contribution >= 4 is 8.60 Å². The highest BCUT2D eigenvalue weighted by Gasteiger charge is 1.79. The Hall–Kier alpha value is 0.270. The Morgan fingerprint density at radius 2 is 2.12 bits per heavy atom. The van der Waals surface area contributed by atoms with Crippen LogP contribution < -0.4 is 9.79 Å². The molecule has 0 rings (SSSR count). The standard InChI is InChI=1S/C3H7O4P/c4-2-1-3-7-8(5)6/h4H,1-3H2/q-2. The molecule has 0 aromatic rings. The molecule has 0 fully saturated rings. The van der Waals surface area contributed by atoms with E-state index < -0.39 is 8.60 Å². The summed E-state index contributed by atoms with van der Waals surface area (Å²) in [6, 6.07) is 0. The van der Waals surface area contributed by atoms with Crippen molar-refractivity contribution < 1.29 is 19.4 Å². The van der Waals surface area contributed by atoms with E-state index in [2.05, 4.69) is 4.52 Å². The van der Waals surface area contributed by atoms with Crippen molar-refractivity contribution in [1.82, 2.24) is 0 Å². The highest BCUT2D eigenvalue weighted by molar-refractivity contribution is 7.36. The van der Waals surface area contributed by atoms with Crippen molar-refractivity contribution in [3.05, 3.63) is 0 Å². The van der Waals surface area contributed by atoms with Gasteiger partial charge in [-0.25, -0.2) is 0 Å². The second-order valence-electron chi connectivity index (χ2n) is 1.13. The lowest BCUT2D eigenvalue weighted by molar-refractivity contribution is -0.318. The Labute approximate surface area is 48.7 Å². The Kier molecular flexibility index (Phi) is 5.59. The van der Waals surface area contributed by atoms with E-state index in [1.807, 2.05) is 0 Å². The van der Waals surface area contributed by atoms with Gasteiger partial charge in [-0.3, -0.25) is 0 Å². The minimum atomic E-state index is -2.72. The smallest absolute Gasteiger partial charge is 0.0498 e. The first kappa shape index (κ1) is 8.27. The summed E-state index contributed by atoms with van der Waals surface area (Å²) in [4.78, 5) is 19.2. The molecule has 0 aliphatic rings. The SMILES string of the molecule is [O-]P([O-])OCCCO. The predicted octanol–water partition coefficient (Wildman–Crippen LogP) is -1.67. The number of hydrogen-bond acceptors (Lipinski definition) is 4. The van der Waals surface area contributed by atoms with E-state index >= 15 is 0 Å². The van der Waals surface area contributed by atoms with Crippen molar-refractivity contribution in [3.63, 3.8) is 0 Å². The van der Waals surface area contributed by atoms with Crippen LogP contribution >= 0.6 is 8.60 Å². The monoisotopic (exact) mass is 138 g/mol. The molecule has 0 aromatic heterocycles. The van der Waals surface area contributed by atoms with E-state index in [4.69, 9.17) is 5.11 Å². The fraction of sp³-hybridized carbons (Fsp3) is 1.00. The maximum atomic E-state index is 9.61. The second kappa shape index (κ2) is 5.41. The van der Waals surface area contributed by atoms with E-state index in [1.165, 1.54) is 0 Å². The van der Waals surface area contributed by atoms with Gasteiger partial charge in [0.05, 0.1) is 0 Å². The van der Waals surface area contributed by atoms with Crippen LogP contribution in [-0.2, 0) is 4.52 Å². The zero-order valence-corrected chi connectivity index (χ0v) is 5.13. The number of aliphatic hydroxyl groups is 1. The van der Waals surface area contributed by atoms with Gasteiger partial charge < -0.3 is 19.4 Å². The van der Waals surface area contributed by atoms with Crippen molar-refractivity contribution in [1.29, 1.82) is 0 Å². The zero-order valence-electron chi connectivity index (χ0n) is 4.24. The summed E-state index contributed by atoms with van der Waals surface area (Å²) in [6.45, 7) is 0.0401. The summed E-state index contributed by atoms with van der Waals surface area (Å²) in [7, 11) is -2.72. The quantitative estimate of drug-likeness (QED) is 0.372. The van der Waals surface area contributed by atoms with Gasteiger partial charge >= 0.3 is 0 Å². The van der Waals surface area contributed by atoms with Gasteiger partial charge in [0.25, 0.3) is 0 Å². The first-order chi connectivity index (χ1) is 3.77. The average molecular weight is 138 g/mol. The molecule has 0 aromatic carbocycles.